The fraction of sp³-hybridized carbons (Fsp3) is 0.333. The van der Waals surface area contributed by atoms with E-state index in [1.54, 1.807) is 6.92 Å². The highest BCUT2D eigenvalue weighted by molar-refractivity contribution is 7.90. The van der Waals surface area contributed by atoms with Gasteiger partial charge in [-0.3, -0.25) is 9.59 Å². The molecule has 10 heteroatoms. The Morgan fingerprint density at radius 1 is 1.06 bits per heavy atom. The van der Waals surface area contributed by atoms with Gasteiger partial charge in [-0.05, 0) is 49.7 Å². The van der Waals surface area contributed by atoms with E-state index in [1.165, 1.54) is 36.4 Å². The Kier molecular flexibility index (Phi) is 8.88. The van der Waals surface area contributed by atoms with Crippen LogP contribution in [0.4, 0.5) is 11.4 Å². The minimum absolute atomic E-state index is 0.105. The molecule has 0 aromatic heterocycles. The zero-order valence-electron chi connectivity index (χ0n) is 17.4. The molecule has 168 valence electrons. The number of ether oxygens (including phenoxy) is 1. The summed E-state index contributed by atoms with van der Waals surface area (Å²) < 4.78 is 28.5. The van der Waals surface area contributed by atoms with Crippen molar-refractivity contribution in [3.63, 3.8) is 0 Å². The van der Waals surface area contributed by atoms with Gasteiger partial charge < -0.3 is 15.4 Å². The number of carbonyl (C=O) groups is 2. The molecule has 1 atom stereocenters. The summed E-state index contributed by atoms with van der Waals surface area (Å²) in [6, 6.07) is 8.40. The van der Waals surface area contributed by atoms with E-state index < -0.39 is 21.8 Å². The highest BCUT2D eigenvalue weighted by Gasteiger charge is 2.17. The maximum atomic E-state index is 12.5. The fourth-order valence-corrected chi connectivity index (χ4v) is 3.74. The molecule has 0 spiro atoms. The first-order valence-electron chi connectivity index (χ1n) is 9.56. The Hall–Kier alpha value is -2.13. The van der Waals surface area contributed by atoms with Crippen molar-refractivity contribution in [1.29, 1.82) is 0 Å². The lowest BCUT2D eigenvalue weighted by Gasteiger charge is -2.15. The molecular weight excluding hydrogens is 463 g/mol. The summed E-state index contributed by atoms with van der Waals surface area (Å²) in [6.45, 7) is 4.17. The van der Waals surface area contributed by atoms with E-state index >= 15 is 0 Å². The molecule has 2 N–H and O–H groups in total. The maximum absolute atomic E-state index is 12.5. The number of amides is 2. The molecule has 2 aromatic carbocycles. The third-order valence-corrected chi connectivity index (χ3v) is 6.05. The number of halogens is 2. The van der Waals surface area contributed by atoms with E-state index in [-0.39, 0.29) is 32.1 Å². The van der Waals surface area contributed by atoms with Crippen molar-refractivity contribution in [3.05, 3.63) is 52.0 Å². The van der Waals surface area contributed by atoms with Gasteiger partial charge in [0.25, 0.3) is 11.8 Å². The highest BCUT2D eigenvalue weighted by Crippen LogP contribution is 2.34. The van der Waals surface area contributed by atoms with Crippen LogP contribution in [0.2, 0.25) is 10.0 Å². The second-order valence-corrected chi connectivity index (χ2v) is 9.75. The van der Waals surface area contributed by atoms with Crippen LogP contribution in [0.25, 0.3) is 0 Å². The third-order valence-electron chi connectivity index (χ3n) is 4.33. The smallest absolute Gasteiger partial charge is 0.255 e. The topological polar surface area (TPSA) is 102 Å². The maximum Gasteiger partial charge on any atom is 0.255 e. The lowest BCUT2D eigenvalue weighted by molar-refractivity contribution is -0.126. The molecule has 31 heavy (non-hydrogen) atoms. The van der Waals surface area contributed by atoms with Crippen LogP contribution in [0.3, 0.4) is 0 Å². The van der Waals surface area contributed by atoms with Gasteiger partial charge >= 0.3 is 0 Å². The normalized spacial score (nSPS) is 12.3. The van der Waals surface area contributed by atoms with Crippen molar-refractivity contribution in [2.75, 3.05) is 23.5 Å². The number of carbonyl (C=O) groups excluding carboxylic acids is 2. The van der Waals surface area contributed by atoms with E-state index in [0.29, 0.717) is 12.3 Å². The molecular formula is C21H24Cl2N2O5S. The molecule has 2 aromatic rings. The molecule has 0 fully saturated rings. The summed E-state index contributed by atoms with van der Waals surface area (Å²) in [6.07, 6.45) is 2.27. The van der Waals surface area contributed by atoms with Gasteiger partial charge in [-0.2, -0.15) is 0 Å². The molecule has 0 saturated heterocycles. The van der Waals surface area contributed by atoms with Gasteiger partial charge in [0, 0.05) is 24.1 Å². The van der Waals surface area contributed by atoms with Gasteiger partial charge in [-0.25, -0.2) is 8.42 Å². The fourth-order valence-electron chi connectivity index (χ4n) is 2.53. The van der Waals surface area contributed by atoms with Gasteiger partial charge in [-0.15, -0.1) is 0 Å². The van der Waals surface area contributed by atoms with Gasteiger partial charge in [0.15, 0.2) is 9.84 Å². The number of rotatable bonds is 9. The number of sulfone groups is 1. The lowest BCUT2D eigenvalue weighted by atomic mass is 10.2. The lowest BCUT2D eigenvalue weighted by Crippen LogP contribution is -2.28. The van der Waals surface area contributed by atoms with Crippen LogP contribution in [-0.4, -0.2) is 39.2 Å². The van der Waals surface area contributed by atoms with Gasteiger partial charge in [0.1, 0.15) is 6.10 Å². The third kappa shape index (κ3) is 7.21. The average Bonchev–Trinajstić information content (AvgIpc) is 2.70. The zero-order valence-corrected chi connectivity index (χ0v) is 19.7. The molecule has 0 aliphatic rings. The van der Waals surface area contributed by atoms with Crippen LogP contribution in [0, 0.1) is 0 Å². The van der Waals surface area contributed by atoms with E-state index in [4.69, 9.17) is 27.9 Å². The van der Waals surface area contributed by atoms with Gasteiger partial charge in [0.05, 0.1) is 20.6 Å². The summed E-state index contributed by atoms with van der Waals surface area (Å²) in [5, 5.41) is 5.54. The Morgan fingerprint density at radius 3 is 2.16 bits per heavy atom. The number of benzene rings is 2. The van der Waals surface area contributed by atoms with E-state index in [0.717, 1.165) is 19.1 Å². The predicted molar refractivity (Wildman–Crippen MR) is 123 cm³/mol. The molecule has 0 heterocycles. The number of hydrogen-bond acceptors (Lipinski definition) is 5. The van der Waals surface area contributed by atoms with Crippen LogP contribution in [0.15, 0.2) is 41.3 Å². The Morgan fingerprint density at radius 2 is 1.65 bits per heavy atom. The number of anilines is 2. The molecule has 7 nitrogen and oxygen atoms in total. The van der Waals surface area contributed by atoms with E-state index in [2.05, 4.69) is 10.6 Å². The highest BCUT2D eigenvalue weighted by atomic mass is 35.5. The first-order chi connectivity index (χ1) is 14.5. The first kappa shape index (κ1) is 25.1. The SMILES string of the molecule is CCCCOC(C)C(=O)Nc1cc(Cl)c(NC(=O)c2ccc(S(C)(=O)=O)cc2)c(Cl)c1. The summed E-state index contributed by atoms with van der Waals surface area (Å²) in [5.74, 6) is -0.857. The number of nitrogens with one attached hydrogen (secondary N) is 2. The van der Waals surface area contributed by atoms with Crippen LogP contribution < -0.4 is 10.6 Å². The molecule has 0 radical (unpaired) electrons. The second-order valence-electron chi connectivity index (χ2n) is 6.92. The largest absolute Gasteiger partial charge is 0.369 e. The van der Waals surface area contributed by atoms with E-state index in [1.807, 2.05) is 6.92 Å². The Balaban J connectivity index is 2.10. The number of unbranched alkanes of at least 4 members (excludes halogenated alkanes) is 1. The molecule has 2 rings (SSSR count). The predicted octanol–water partition coefficient (Wildman–Crippen LogP) is 4.79. The van der Waals surface area contributed by atoms with Crippen LogP contribution in [-0.2, 0) is 19.4 Å². The molecule has 0 aliphatic heterocycles. The summed E-state index contributed by atoms with van der Waals surface area (Å²) in [4.78, 5) is 24.8. The van der Waals surface area contributed by atoms with Crippen molar-refractivity contribution >= 4 is 56.2 Å². The minimum atomic E-state index is -3.36. The monoisotopic (exact) mass is 486 g/mol. The van der Waals surface area contributed by atoms with E-state index in [9.17, 15) is 18.0 Å². The average molecular weight is 487 g/mol. The van der Waals surface area contributed by atoms with Crippen molar-refractivity contribution in [2.45, 2.75) is 37.7 Å². The first-order valence-corrected chi connectivity index (χ1v) is 12.2. The molecule has 0 bridgehead atoms. The zero-order chi connectivity index (χ0) is 23.2. The Bertz CT molecular complexity index is 1030. The molecule has 2 amide bonds. The van der Waals surface area contributed by atoms with Gasteiger partial charge in [-0.1, -0.05) is 36.5 Å². The van der Waals surface area contributed by atoms with Gasteiger partial charge in [0.2, 0.25) is 0 Å². The van der Waals surface area contributed by atoms with Crippen LogP contribution in [0.1, 0.15) is 37.0 Å². The standard InChI is InChI=1S/C21H24Cl2N2O5S/c1-4-5-10-30-13(2)20(26)24-15-11-17(22)19(18(23)12-15)25-21(27)14-6-8-16(9-7-14)31(3,28)29/h6-9,11-13H,4-5,10H2,1-3H3,(H,24,26)(H,25,27). The quantitative estimate of drug-likeness (QED) is 0.495. The van der Waals surface area contributed by atoms with Crippen molar-refractivity contribution < 1.29 is 22.7 Å². The second kappa shape index (κ2) is 10.9. The number of hydrogen-bond donors (Lipinski definition) is 2. The Labute approximate surface area is 192 Å². The minimum Gasteiger partial charge on any atom is -0.369 e. The van der Waals surface area contributed by atoms with Crippen LogP contribution in [0.5, 0.6) is 0 Å². The molecule has 0 aliphatic carbocycles. The van der Waals surface area contributed by atoms with Crippen LogP contribution >= 0.6 is 23.2 Å². The molecule has 0 saturated carbocycles. The van der Waals surface area contributed by atoms with Crippen molar-refractivity contribution in [3.8, 4) is 0 Å². The summed E-state index contributed by atoms with van der Waals surface area (Å²) >= 11 is 12.5. The summed E-state index contributed by atoms with van der Waals surface area (Å²) in [7, 11) is -3.36. The molecule has 1 unspecified atom stereocenters. The summed E-state index contributed by atoms with van der Waals surface area (Å²) in [5.41, 5.74) is 0.766. The van der Waals surface area contributed by atoms with Crippen molar-refractivity contribution in [2.24, 2.45) is 0 Å². The van der Waals surface area contributed by atoms with Crippen molar-refractivity contribution in [1.82, 2.24) is 0 Å².